The number of hydrogen-bond donors (Lipinski definition) is 0. The predicted octanol–water partition coefficient (Wildman–Crippen LogP) is 1.90. The van der Waals surface area contributed by atoms with Crippen LogP contribution < -0.4 is 5.11 Å². The second-order valence-electron chi connectivity index (χ2n) is 3.70. The molecule has 1 unspecified atom stereocenters. The van der Waals surface area contributed by atoms with Crippen LogP contribution in [0, 0.1) is 5.92 Å². The first-order valence-corrected chi connectivity index (χ1v) is 4.97. The molecule has 0 aliphatic carbocycles. The Bertz CT molecular complexity index is 173. The van der Waals surface area contributed by atoms with Crippen LogP contribution in [0.2, 0.25) is 0 Å². The second kappa shape index (κ2) is 6.70. The van der Waals surface area contributed by atoms with Gasteiger partial charge in [0.15, 0.2) is 0 Å². The maximum Gasteiger partial charge on any atom is 0.0669 e. The van der Waals surface area contributed by atoms with Crippen LogP contribution in [0.3, 0.4) is 0 Å². The minimum absolute atomic E-state index is 0.226. The molecule has 0 rings (SSSR count). The average Bonchev–Trinajstić information content (AvgIpc) is 2.04. The highest BCUT2D eigenvalue weighted by Crippen LogP contribution is 2.16. The third kappa shape index (κ3) is 6.38. The lowest BCUT2D eigenvalue weighted by molar-refractivity contribution is -0.299. The van der Waals surface area contributed by atoms with Crippen molar-refractivity contribution in [1.82, 2.24) is 0 Å². The van der Waals surface area contributed by atoms with Gasteiger partial charge in [-0.15, -0.1) is 0 Å². The number of hydrogen-bond acceptors (Lipinski definition) is 2. The van der Waals surface area contributed by atoms with Gasteiger partial charge >= 0.3 is 0 Å². The van der Waals surface area contributed by atoms with Gasteiger partial charge in [0, 0.05) is 0 Å². The molecule has 76 valence electrons. The maximum absolute atomic E-state index is 10.4. The third-order valence-corrected chi connectivity index (χ3v) is 2.18. The van der Waals surface area contributed by atoms with Crippen molar-refractivity contribution in [2.45, 2.75) is 46.0 Å². The normalized spacial score (nSPS) is 12.5. The molecule has 0 saturated heterocycles. The van der Waals surface area contributed by atoms with Crippen molar-refractivity contribution < 1.29 is 9.90 Å². The Hall–Kier alpha value is -0.790. The van der Waals surface area contributed by atoms with E-state index in [0.29, 0.717) is 12.3 Å². The van der Waals surface area contributed by atoms with E-state index in [2.05, 4.69) is 20.4 Å². The van der Waals surface area contributed by atoms with Gasteiger partial charge in [-0.3, -0.25) is 0 Å². The van der Waals surface area contributed by atoms with Crippen molar-refractivity contribution in [1.29, 1.82) is 0 Å². The molecule has 0 radical (unpaired) electrons. The largest absolute Gasteiger partial charge is 0.545 e. The molecule has 0 N–H and O–H groups in total. The number of carbonyl (C=O) groups excluding carboxylic acids is 1. The highest BCUT2D eigenvalue weighted by atomic mass is 16.4. The fourth-order valence-corrected chi connectivity index (χ4v) is 1.35. The van der Waals surface area contributed by atoms with Gasteiger partial charge in [0.2, 0.25) is 0 Å². The molecule has 0 aliphatic heterocycles. The molecule has 0 aliphatic rings. The van der Waals surface area contributed by atoms with Crippen LogP contribution in [0.15, 0.2) is 12.2 Å². The van der Waals surface area contributed by atoms with E-state index in [-0.39, 0.29) is 5.57 Å². The number of rotatable bonds is 7. The summed E-state index contributed by atoms with van der Waals surface area (Å²) in [6.45, 7) is 7.68. The van der Waals surface area contributed by atoms with Crippen LogP contribution >= 0.6 is 0 Å². The van der Waals surface area contributed by atoms with Gasteiger partial charge < -0.3 is 9.90 Å². The van der Waals surface area contributed by atoms with Crippen LogP contribution in [0.25, 0.3) is 0 Å². The molecule has 0 aromatic carbocycles. The molecule has 2 heteroatoms. The van der Waals surface area contributed by atoms with Crippen LogP contribution in [0.1, 0.15) is 46.0 Å². The van der Waals surface area contributed by atoms with Crippen LogP contribution in [0.5, 0.6) is 0 Å². The fourth-order valence-electron chi connectivity index (χ4n) is 1.35. The van der Waals surface area contributed by atoms with E-state index in [9.17, 15) is 9.90 Å². The lowest BCUT2D eigenvalue weighted by Crippen LogP contribution is -2.24. The van der Waals surface area contributed by atoms with E-state index < -0.39 is 5.97 Å². The van der Waals surface area contributed by atoms with Gasteiger partial charge in [-0.1, -0.05) is 46.1 Å². The standard InChI is InChI=1S/C11H20O2/c1-4-5-6-7-9(2)8-10(3)11(12)13/h9H,3-8H2,1-2H3,(H,12,13)/p-1. The van der Waals surface area contributed by atoms with E-state index in [4.69, 9.17) is 0 Å². The van der Waals surface area contributed by atoms with Crippen molar-refractivity contribution in [2.75, 3.05) is 0 Å². The van der Waals surface area contributed by atoms with Crippen LogP contribution in [-0.2, 0) is 4.79 Å². The summed E-state index contributed by atoms with van der Waals surface area (Å²) in [7, 11) is 0. The number of carboxylic acid groups (broad SMARTS) is 1. The van der Waals surface area contributed by atoms with Crippen molar-refractivity contribution in [3.63, 3.8) is 0 Å². The summed E-state index contributed by atoms with van der Waals surface area (Å²) >= 11 is 0. The van der Waals surface area contributed by atoms with Crippen LogP contribution in [-0.4, -0.2) is 5.97 Å². The van der Waals surface area contributed by atoms with E-state index in [0.717, 1.165) is 6.42 Å². The summed E-state index contributed by atoms with van der Waals surface area (Å²) in [6.07, 6.45) is 5.25. The van der Waals surface area contributed by atoms with Crippen LogP contribution in [0.4, 0.5) is 0 Å². The van der Waals surface area contributed by atoms with E-state index >= 15 is 0 Å². The molecule has 0 amide bonds. The van der Waals surface area contributed by atoms with E-state index in [1.807, 2.05) is 0 Å². The number of carboxylic acids is 1. The highest BCUT2D eigenvalue weighted by Gasteiger charge is 2.04. The summed E-state index contributed by atoms with van der Waals surface area (Å²) in [5.74, 6) is -0.695. The molecule has 1 atom stereocenters. The molecular formula is C11H19O2-. The molecule has 0 aromatic rings. The Morgan fingerprint density at radius 2 is 2.08 bits per heavy atom. The number of unbranched alkanes of at least 4 members (excludes halogenated alkanes) is 2. The Balaban J connectivity index is 3.55. The molecule has 0 fully saturated rings. The fraction of sp³-hybridized carbons (Fsp3) is 0.727. The Morgan fingerprint density at radius 1 is 1.46 bits per heavy atom. The first-order valence-electron chi connectivity index (χ1n) is 4.97. The van der Waals surface area contributed by atoms with Gasteiger partial charge in [0.05, 0.1) is 5.97 Å². The van der Waals surface area contributed by atoms with E-state index in [1.165, 1.54) is 19.3 Å². The summed E-state index contributed by atoms with van der Waals surface area (Å²) in [5.41, 5.74) is 0.226. The monoisotopic (exact) mass is 183 g/mol. The Kier molecular flexibility index (Phi) is 6.29. The molecule has 0 aromatic heterocycles. The third-order valence-electron chi connectivity index (χ3n) is 2.18. The molecule has 0 saturated carbocycles. The molecular weight excluding hydrogens is 164 g/mol. The van der Waals surface area contributed by atoms with Crippen molar-refractivity contribution in [3.05, 3.63) is 12.2 Å². The summed E-state index contributed by atoms with van der Waals surface area (Å²) in [6, 6.07) is 0. The lowest BCUT2D eigenvalue weighted by Gasteiger charge is -2.13. The topological polar surface area (TPSA) is 40.1 Å². The van der Waals surface area contributed by atoms with Crippen molar-refractivity contribution in [2.24, 2.45) is 5.92 Å². The zero-order chi connectivity index (χ0) is 10.3. The smallest absolute Gasteiger partial charge is 0.0669 e. The average molecular weight is 183 g/mol. The Labute approximate surface area is 80.7 Å². The van der Waals surface area contributed by atoms with Gasteiger partial charge in [-0.2, -0.15) is 0 Å². The van der Waals surface area contributed by atoms with Gasteiger partial charge in [-0.25, -0.2) is 0 Å². The van der Waals surface area contributed by atoms with Gasteiger partial charge in [0.25, 0.3) is 0 Å². The van der Waals surface area contributed by atoms with Gasteiger partial charge in [-0.05, 0) is 17.9 Å². The molecule has 0 heterocycles. The minimum atomic E-state index is -1.11. The molecule has 2 nitrogen and oxygen atoms in total. The lowest BCUT2D eigenvalue weighted by atomic mass is 9.96. The number of aliphatic carboxylic acids is 1. The molecule has 13 heavy (non-hydrogen) atoms. The SMILES string of the molecule is C=C(CC(C)CCCCC)C(=O)[O-]. The van der Waals surface area contributed by atoms with Gasteiger partial charge in [0.1, 0.15) is 0 Å². The highest BCUT2D eigenvalue weighted by molar-refractivity contribution is 5.83. The quantitative estimate of drug-likeness (QED) is 0.446. The zero-order valence-corrected chi connectivity index (χ0v) is 8.64. The minimum Gasteiger partial charge on any atom is -0.545 e. The van der Waals surface area contributed by atoms with Crippen molar-refractivity contribution >= 4 is 5.97 Å². The first-order chi connectivity index (χ1) is 6.07. The zero-order valence-electron chi connectivity index (χ0n) is 8.64. The maximum atomic E-state index is 10.4. The van der Waals surface area contributed by atoms with Crippen molar-refractivity contribution in [3.8, 4) is 0 Å². The summed E-state index contributed by atoms with van der Waals surface area (Å²) in [4.78, 5) is 10.4. The van der Waals surface area contributed by atoms with E-state index in [1.54, 1.807) is 0 Å². The second-order valence-corrected chi connectivity index (χ2v) is 3.70. The number of carbonyl (C=O) groups is 1. The molecule has 0 bridgehead atoms. The predicted molar refractivity (Wildman–Crippen MR) is 52.1 cm³/mol. The Morgan fingerprint density at radius 3 is 2.54 bits per heavy atom. The molecule has 0 spiro atoms. The first kappa shape index (κ1) is 12.2. The summed E-state index contributed by atoms with van der Waals surface area (Å²) < 4.78 is 0. The summed E-state index contributed by atoms with van der Waals surface area (Å²) in [5, 5.41) is 10.4.